The van der Waals surface area contributed by atoms with Gasteiger partial charge in [-0.05, 0) is 66.6 Å². The SMILES string of the molecule is CC(C)(C)C12CC3CC(CC(C(N)C(=O)O)(C3)C1)C2. The number of rotatable bonds is 2. The van der Waals surface area contributed by atoms with Crippen LogP contribution in [-0.4, -0.2) is 17.1 Å². The average Bonchev–Trinajstić information content (AvgIpc) is 2.24. The number of aliphatic carboxylic acids is 1. The molecular weight excluding hydrogens is 238 g/mol. The lowest BCUT2D eigenvalue weighted by Gasteiger charge is -2.67. The van der Waals surface area contributed by atoms with E-state index in [0.29, 0.717) is 17.3 Å². The van der Waals surface area contributed by atoms with Crippen molar-refractivity contribution in [1.29, 1.82) is 0 Å². The summed E-state index contributed by atoms with van der Waals surface area (Å²) in [4.78, 5) is 11.4. The van der Waals surface area contributed by atoms with E-state index in [4.69, 9.17) is 5.73 Å². The maximum Gasteiger partial charge on any atom is 0.321 e. The van der Waals surface area contributed by atoms with Crippen molar-refractivity contribution in [3.05, 3.63) is 0 Å². The number of hydrogen-bond donors (Lipinski definition) is 2. The van der Waals surface area contributed by atoms with Gasteiger partial charge in [0.2, 0.25) is 0 Å². The van der Waals surface area contributed by atoms with Gasteiger partial charge in [-0.25, -0.2) is 0 Å². The van der Waals surface area contributed by atoms with E-state index in [-0.39, 0.29) is 10.8 Å². The molecule has 0 saturated heterocycles. The molecule has 0 aliphatic heterocycles. The molecule has 3 atom stereocenters. The zero-order valence-corrected chi connectivity index (χ0v) is 12.4. The van der Waals surface area contributed by atoms with Gasteiger partial charge in [0.05, 0.1) is 0 Å². The lowest BCUT2D eigenvalue weighted by molar-refractivity contribution is -0.176. The van der Waals surface area contributed by atoms with Crippen LogP contribution in [-0.2, 0) is 4.79 Å². The molecule has 3 nitrogen and oxygen atoms in total. The van der Waals surface area contributed by atoms with Crippen molar-refractivity contribution < 1.29 is 9.90 Å². The highest BCUT2D eigenvalue weighted by atomic mass is 16.4. The Kier molecular flexibility index (Phi) is 2.65. The van der Waals surface area contributed by atoms with Crippen LogP contribution in [0.15, 0.2) is 0 Å². The topological polar surface area (TPSA) is 63.3 Å². The lowest BCUT2D eigenvalue weighted by atomic mass is 9.38. The number of nitrogens with two attached hydrogens (primary N) is 1. The molecule has 4 bridgehead atoms. The van der Waals surface area contributed by atoms with Crippen molar-refractivity contribution >= 4 is 5.97 Å². The van der Waals surface area contributed by atoms with Crippen LogP contribution in [0.5, 0.6) is 0 Å². The van der Waals surface area contributed by atoms with Crippen molar-refractivity contribution in [3.63, 3.8) is 0 Å². The van der Waals surface area contributed by atoms with Crippen molar-refractivity contribution in [2.24, 2.45) is 33.8 Å². The van der Waals surface area contributed by atoms with E-state index in [1.54, 1.807) is 0 Å². The quantitative estimate of drug-likeness (QED) is 0.806. The Morgan fingerprint density at radius 2 is 1.74 bits per heavy atom. The van der Waals surface area contributed by atoms with E-state index in [1.807, 2.05) is 0 Å². The summed E-state index contributed by atoms with van der Waals surface area (Å²) in [6.07, 6.45) is 7.03. The number of carbonyl (C=O) groups is 1. The van der Waals surface area contributed by atoms with Crippen molar-refractivity contribution in [2.45, 2.75) is 65.3 Å². The second kappa shape index (κ2) is 3.75. The van der Waals surface area contributed by atoms with Gasteiger partial charge >= 0.3 is 5.97 Å². The summed E-state index contributed by atoms with van der Waals surface area (Å²) in [6.45, 7) is 7.00. The molecule has 4 saturated carbocycles. The highest BCUT2D eigenvalue weighted by Gasteiger charge is 2.63. The van der Waals surface area contributed by atoms with E-state index >= 15 is 0 Å². The Morgan fingerprint density at radius 3 is 2.16 bits per heavy atom. The zero-order chi connectivity index (χ0) is 14.1. The third-order valence-corrected chi connectivity index (χ3v) is 6.62. The van der Waals surface area contributed by atoms with Gasteiger partial charge in [0, 0.05) is 0 Å². The number of carboxylic acid groups (broad SMARTS) is 1. The average molecular weight is 265 g/mol. The number of carboxylic acids is 1. The van der Waals surface area contributed by atoms with Gasteiger partial charge in [-0.15, -0.1) is 0 Å². The molecule has 4 fully saturated rings. The van der Waals surface area contributed by atoms with E-state index < -0.39 is 12.0 Å². The van der Waals surface area contributed by atoms with Crippen LogP contribution in [0.25, 0.3) is 0 Å². The monoisotopic (exact) mass is 265 g/mol. The highest BCUT2D eigenvalue weighted by Crippen LogP contribution is 2.70. The van der Waals surface area contributed by atoms with Gasteiger partial charge in [0.15, 0.2) is 0 Å². The third kappa shape index (κ3) is 1.77. The summed E-state index contributed by atoms with van der Waals surface area (Å²) in [5.41, 5.74) is 6.58. The molecule has 0 aromatic carbocycles. The smallest absolute Gasteiger partial charge is 0.321 e. The van der Waals surface area contributed by atoms with Crippen LogP contribution in [0.1, 0.15) is 59.3 Å². The largest absolute Gasteiger partial charge is 0.480 e. The first kappa shape index (κ1) is 13.4. The first-order valence-electron chi connectivity index (χ1n) is 7.66. The molecule has 0 radical (unpaired) electrons. The van der Waals surface area contributed by atoms with E-state index in [0.717, 1.165) is 19.3 Å². The molecule has 3 unspecified atom stereocenters. The van der Waals surface area contributed by atoms with Gasteiger partial charge in [0.25, 0.3) is 0 Å². The zero-order valence-electron chi connectivity index (χ0n) is 12.4. The second-order valence-electron chi connectivity index (χ2n) is 8.67. The van der Waals surface area contributed by atoms with Crippen LogP contribution < -0.4 is 5.73 Å². The maximum absolute atomic E-state index is 11.4. The molecule has 0 amide bonds. The molecule has 19 heavy (non-hydrogen) atoms. The Morgan fingerprint density at radius 1 is 1.21 bits per heavy atom. The second-order valence-corrected chi connectivity index (χ2v) is 8.67. The Bertz CT molecular complexity index is 395. The first-order chi connectivity index (χ1) is 8.67. The van der Waals surface area contributed by atoms with E-state index in [2.05, 4.69) is 20.8 Å². The molecule has 4 aliphatic carbocycles. The molecule has 108 valence electrons. The van der Waals surface area contributed by atoms with Crippen molar-refractivity contribution in [2.75, 3.05) is 0 Å². The minimum Gasteiger partial charge on any atom is -0.480 e. The highest BCUT2D eigenvalue weighted by molar-refractivity contribution is 5.74. The minimum absolute atomic E-state index is 0.122. The summed E-state index contributed by atoms with van der Waals surface area (Å²) < 4.78 is 0. The minimum atomic E-state index is -0.800. The summed E-state index contributed by atoms with van der Waals surface area (Å²) in [5.74, 6) is 0.628. The number of hydrogen-bond acceptors (Lipinski definition) is 2. The van der Waals surface area contributed by atoms with E-state index in [1.165, 1.54) is 19.3 Å². The maximum atomic E-state index is 11.4. The predicted octanol–water partition coefficient (Wildman–Crippen LogP) is 3.03. The van der Waals surface area contributed by atoms with Crippen LogP contribution in [0.2, 0.25) is 0 Å². The van der Waals surface area contributed by atoms with Gasteiger partial charge < -0.3 is 10.8 Å². The van der Waals surface area contributed by atoms with Crippen LogP contribution in [0.4, 0.5) is 0 Å². The molecule has 4 rings (SSSR count). The fourth-order valence-corrected chi connectivity index (χ4v) is 5.84. The van der Waals surface area contributed by atoms with Gasteiger partial charge in [0.1, 0.15) is 6.04 Å². The normalized spacial score (nSPS) is 46.3. The Balaban J connectivity index is 2.00. The molecule has 0 spiro atoms. The third-order valence-electron chi connectivity index (χ3n) is 6.62. The molecule has 0 aromatic heterocycles. The fraction of sp³-hybridized carbons (Fsp3) is 0.938. The summed E-state index contributed by atoms with van der Waals surface area (Å²) >= 11 is 0. The lowest BCUT2D eigenvalue weighted by Crippen LogP contribution is -2.62. The molecule has 3 N–H and O–H groups in total. The van der Waals surface area contributed by atoms with Crippen molar-refractivity contribution in [1.82, 2.24) is 0 Å². The summed E-state index contributed by atoms with van der Waals surface area (Å²) in [7, 11) is 0. The molecule has 3 heteroatoms. The first-order valence-corrected chi connectivity index (χ1v) is 7.66. The van der Waals surface area contributed by atoms with Gasteiger partial charge in [-0.1, -0.05) is 20.8 Å². The fourth-order valence-electron chi connectivity index (χ4n) is 5.84. The van der Waals surface area contributed by atoms with Gasteiger partial charge in [-0.3, -0.25) is 4.79 Å². The standard InChI is InChI=1S/C16H27NO2/c1-14(2,3)16-7-10-4-11(8-16)6-15(5-10,9-16)12(17)13(18)19/h10-12H,4-9,17H2,1-3H3,(H,18,19). The summed E-state index contributed by atoms with van der Waals surface area (Å²) in [5, 5.41) is 9.40. The molecule has 0 aromatic rings. The van der Waals surface area contributed by atoms with E-state index in [9.17, 15) is 9.90 Å². The van der Waals surface area contributed by atoms with Gasteiger partial charge in [-0.2, -0.15) is 0 Å². The van der Waals surface area contributed by atoms with Crippen LogP contribution in [0.3, 0.4) is 0 Å². The Labute approximate surface area is 115 Å². The molecular formula is C16H27NO2. The van der Waals surface area contributed by atoms with Crippen molar-refractivity contribution in [3.8, 4) is 0 Å². The molecule has 4 aliphatic rings. The Hall–Kier alpha value is -0.570. The van der Waals surface area contributed by atoms with Crippen LogP contribution in [0, 0.1) is 28.1 Å². The molecule has 0 heterocycles. The van der Waals surface area contributed by atoms with Crippen LogP contribution >= 0.6 is 0 Å². The summed E-state index contributed by atoms with van der Waals surface area (Å²) in [6, 6.07) is -0.667. The predicted molar refractivity (Wildman–Crippen MR) is 74.6 cm³/mol.